The van der Waals surface area contributed by atoms with Crippen LogP contribution in [0.1, 0.15) is 0 Å². The first-order chi connectivity index (χ1) is 9.24. The van der Waals surface area contributed by atoms with Crippen molar-refractivity contribution in [1.82, 2.24) is 9.55 Å². The zero-order chi connectivity index (χ0) is 13.2. The lowest BCUT2D eigenvalue weighted by Gasteiger charge is -1.99. The zero-order valence-electron chi connectivity index (χ0n) is 10.7. The van der Waals surface area contributed by atoms with Gasteiger partial charge in [-0.15, -0.1) is 0 Å². The topological polar surface area (TPSA) is 43.8 Å². The highest BCUT2D eigenvalue weighted by Crippen LogP contribution is 2.24. The van der Waals surface area contributed by atoms with Crippen LogP contribution in [-0.2, 0) is 7.05 Å². The molecule has 19 heavy (non-hydrogen) atoms. The molecule has 2 N–H and O–H groups in total. The molecule has 3 heteroatoms. The van der Waals surface area contributed by atoms with Gasteiger partial charge in [-0.2, -0.15) is 0 Å². The maximum absolute atomic E-state index is 5.71. The van der Waals surface area contributed by atoms with Crippen LogP contribution >= 0.6 is 0 Å². The second-order valence-corrected chi connectivity index (χ2v) is 4.55. The maximum atomic E-state index is 5.71. The van der Waals surface area contributed by atoms with Gasteiger partial charge in [0.25, 0.3) is 0 Å². The highest BCUT2D eigenvalue weighted by molar-refractivity contribution is 5.66. The molecule has 3 rings (SSSR count). The molecule has 94 valence electrons. The van der Waals surface area contributed by atoms with E-state index in [0.29, 0.717) is 0 Å². The third kappa shape index (κ3) is 2.22. The Balaban J connectivity index is 2.04. The molecule has 0 spiro atoms. The average molecular weight is 249 g/mol. The van der Waals surface area contributed by atoms with Gasteiger partial charge in [-0.25, -0.2) is 4.98 Å². The maximum Gasteiger partial charge on any atom is 0.140 e. The number of rotatable bonds is 2. The molecule has 0 atom stereocenters. The van der Waals surface area contributed by atoms with Crippen LogP contribution in [0.2, 0.25) is 0 Å². The normalized spacial score (nSPS) is 10.6. The summed E-state index contributed by atoms with van der Waals surface area (Å²) in [5, 5.41) is 0. The Morgan fingerprint density at radius 3 is 2.26 bits per heavy atom. The van der Waals surface area contributed by atoms with Crippen LogP contribution in [0.25, 0.3) is 22.6 Å². The van der Waals surface area contributed by atoms with E-state index in [1.807, 2.05) is 60.3 Å². The number of benzene rings is 2. The molecule has 0 radical (unpaired) electrons. The van der Waals surface area contributed by atoms with E-state index in [0.717, 1.165) is 28.3 Å². The Hall–Kier alpha value is -2.55. The number of anilines is 1. The quantitative estimate of drug-likeness (QED) is 0.708. The third-order valence-corrected chi connectivity index (χ3v) is 3.11. The minimum Gasteiger partial charge on any atom is -0.399 e. The molecule has 0 unspecified atom stereocenters. The van der Waals surface area contributed by atoms with Gasteiger partial charge < -0.3 is 10.3 Å². The third-order valence-electron chi connectivity index (χ3n) is 3.11. The molecule has 0 aliphatic rings. The van der Waals surface area contributed by atoms with Crippen molar-refractivity contribution in [3.8, 4) is 22.6 Å². The molecule has 0 aliphatic carbocycles. The molecule has 3 nitrogen and oxygen atoms in total. The number of hydrogen-bond donors (Lipinski definition) is 1. The summed E-state index contributed by atoms with van der Waals surface area (Å²) in [6.45, 7) is 0. The lowest BCUT2D eigenvalue weighted by atomic mass is 10.1. The Kier molecular flexibility index (Phi) is 2.80. The first kappa shape index (κ1) is 11.5. The van der Waals surface area contributed by atoms with Gasteiger partial charge in [0.05, 0.1) is 5.69 Å². The van der Waals surface area contributed by atoms with Crippen molar-refractivity contribution in [3.05, 3.63) is 60.8 Å². The van der Waals surface area contributed by atoms with E-state index in [1.165, 1.54) is 0 Å². The second kappa shape index (κ2) is 4.61. The molecule has 1 heterocycles. The summed E-state index contributed by atoms with van der Waals surface area (Å²) >= 11 is 0. The van der Waals surface area contributed by atoms with Crippen molar-refractivity contribution < 1.29 is 0 Å². The summed E-state index contributed by atoms with van der Waals surface area (Å²) in [5.74, 6) is 0.965. The predicted octanol–water partition coefficient (Wildman–Crippen LogP) is 3.34. The van der Waals surface area contributed by atoms with Gasteiger partial charge >= 0.3 is 0 Å². The van der Waals surface area contributed by atoms with Crippen molar-refractivity contribution >= 4 is 5.69 Å². The number of hydrogen-bond acceptors (Lipinski definition) is 2. The molecule has 0 fully saturated rings. The van der Waals surface area contributed by atoms with E-state index in [4.69, 9.17) is 10.7 Å². The summed E-state index contributed by atoms with van der Waals surface area (Å²) in [4.78, 5) is 4.70. The van der Waals surface area contributed by atoms with E-state index < -0.39 is 0 Å². The van der Waals surface area contributed by atoms with Crippen molar-refractivity contribution in [2.45, 2.75) is 0 Å². The highest BCUT2D eigenvalue weighted by atomic mass is 15.0. The van der Waals surface area contributed by atoms with Crippen LogP contribution in [0.5, 0.6) is 0 Å². The van der Waals surface area contributed by atoms with Gasteiger partial charge in [0.15, 0.2) is 0 Å². The van der Waals surface area contributed by atoms with Crippen LogP contribution in [0.4, 0.5) is 5.69 Å². The van der Waals surface area contributed by atoms with Gasteiger partial charge in [-0.05, 0) is 12.1 Å². The van der Waals surface area contributed by atoms with Gasteiger partial charge in [0.2, 0.25) is 0 Å². The molecule has 0 saturated carbocycles. The van der Waals surface area contributed by atoms with Crippen LogP contribution in [0, 0.1) is 0 Å². The van der Waals surface area contributed by atoms with E-state index in [9.17, 15) is 0 Å². The van der Waals surface area contributed by atoms with Crippen molar-refractivity contribution in [3.63, 3.8) is 0 Å². The number of imidazole rings is 1. The lowest BCUT2D eigenvalue weighted by Crippen LogP contribution is -1.89. The average Bonchev–Trinajstić information content (AvgIpc) is 2.83. The number of aromatic nitrogens is 2. The smallest absolute Gasteiger partial charge is 0.140 e. The molecule has 0 bridgehead atoms. The van der Waals surface area contributed by atoms with E-state index in [2.05, 4.69) is 12.1 Å². The standard InChI is InChI=1S/C16H15N3/c1-19-11-15(12-7-9-14(17)10-8-12)18-16(19)13-5-3-2-4-6-13/h2-11H,17H2,1H3. The number of nitrogens with two attached hydrogens (primary N) is 1. The van der Waals surface area contributed by atoms with E-state index >= 15 is 0 Å². The summed E-state index contributed by atoms with van der Waals surface area (Å²) in [5.41, 5.74) is 9.62. The number of nitrogen functional groups attached to an aromatic ring is 1. The minimum absolute atomic E-state index is 0.767. The van der Waals surface area contributed by atoms with Gasteiger partial charge in [0, 0.05) is 30.1 Å². The molecule has 0 saturated heterocycles. The monoisotopic (exact) mass is 249 g/mol. The SMILES string of the molecule is Cn1cc(-c2ccc(N)cc2)nc1-c1ccccc1. The largest absolute Gasteiger partial charge is 0.399 e. The molecule has 0 aliphatic heterocycles. The van der Waals surface area contributed by atoms with E-state index in [-0.39, 0.29) is 0 Å². The summed E-state index contributed by atoms with van der Waals surface area (Å²) in [6, 6.07) is 18.0. The van der Waals surface area contributed by atoms with Crippen molar-refractivity contribution in [1.29, 1.82) is 0 Å². The first-order valence-electron chi connectivity index (χ1n) is 6.19. The van der Waals surface area contributed by atoms with Crippen LogP contribution in [-0.4, -0.2) is 9.55 Å². The molecule has 0 amide bonds. The summed E-state index contributed by atoms with van der Waals surface area (Å²) < 4.78 is 2.04. The minimum atomic E-state index is 0.767. The van der Waals surface area contributed by atoms with Crippen LogP contribution in [0.3, 0.4) is 0 Å². The van der Waals surface area contributed by atoms with Crippen molar-refractivity contribution in [2.24, 2.45) is 7.05 Å². The number of nitrogens with zero attached hydrogens (tertiary/aromatic N) is 2. The lowest BCUT2D eigenvalue weighted by molar-refractivity contribution is 0.925. The molecule has 2 aromatic carbocycles. The fourth-order valence-electron chi connectivity index (χ4n) is 2.11. The fraction of sp³-hybridized carbons (Fsp3) is 0.0625. The Bertz CT molecular complexity index is 682. The summed E-state index contributed by atoms with van der Waals surface area (Å²) in [6.07, 6.45) is 2.04. The molecule has 3 aromatic rings. The van der Waals surface area contributed by atoms with Gasteiger partial charge in [0.1, 0.15) is 5.82 Å². The second-order valence-electron chi connectivity index (χ2n) is 4.55. The van der Waals surface area contributed by atoms with Crippen LogP contribution in [0.15, 0.2) is 60.8 Å². The highest BCUT2D eigenvalue weighted by Gasteiger charge is 2.08. The number of aryl methyl sites for hydroxylation is 1. The van der Waals surface area contributed by atoms with Crippen LogP contribution < -0.4 is 5.73 Å². The van der Waals surface area contributed by atoms with Crippen molar-refractivity contribution in [2.75, 3.05) is 5.73 Å². The zero-order valence-corrected chi connectivity index (χ0v) is 10.7. The Morgan fingerprint density at radius 2 is 1.58 bits per heavy atom. The Morgan fingerprint density at radius 1 is 0.895 bits per heavy atom. The van der Waals surface area contributed by atoms with Gasteiger partial charge in [-0.3, -0.25) is 0 Å². The molecular weight excluding hydrogens is 234 g/mol. The van der Waals surface area contributed by atoms with E-state index in [1.54, 1.807) is 0 Å². The Labute approximate surface area is 112 Å². The van der Waals surface area contributed by atoms with Gasteiger partial charge in [-0.1, -0.05) is 42.5 Å². The molecular formula is C16H15N3. The molecule has 1 aromatic heterocycles. The first-order valence-corrected chi connectivity index (χ1v) is 6.19. The predicted molar refractivity (Wildman–Crippen MR) is 78.5 cm³/mol. The fourth-order valence-corrected chi connectivity index (χ4v) is 2.11. The summed E-state index contributed by atoms with van der Waals surface area (Å²) in [7, 11) is 2.01.